The van der Waals surface area contributed by atoms with Crippen molar-refractivity contribution in [2.75, 3.05) is 11.9 Å². The molecule has 0 radical (unpaired) electrons. The van der Waals surface area contributed by atoms with Crippen LogP contribution in [-0.4, -0.2) is 34.8 Å². The second-order valence-corrected chi connectivity index (χ2v) is 21.6. The Hall–Kier alpha value is -8.37. The second-order valence-electron chi connectivity index (χ2n) is 21.6. The van der Waals surface area contributed by atoms with E-state index >= 15 is 0 Å². The Morgan fingerprint density at radius 2 is 1.43 bits per heavy atom. The summed E-state index contributed by atoms with van der Waals surface area (Å²) in [6.07, 6.45) is 29.6. The molecule has 76 heavy (non-hydrogen) atoms. The van der Waals surface area contributed by atoms with Crippen LogP contribution in [0.3, 0.4) is 0 Å². The number of hydrogen-bond acceptors (Lipinski definition) is 3. The van der Waals surface area contributed by atoms with Crippen LogP contribution in [0.2, 0.25) is 0 Å². The van der Waals surface area contributed by atoms with Crippen LogP contribution < -0.4 is 5.32 Å². The highest BCUT2D eigenvalue weighted by atomic mass is 15.4. The van der Waals surface area contributed by atoms with Gasteiger partial charge in [0.05, 0.1) is 22.7 Å². The standard InChI is InChI=1S/C73H61N3/c1-2-62(52-24-11-5-12-25-52)58-33-32-54-36-39-68(75-69(54)48-58)59-29-17-31-61(45-59)73(66-46-56(50-20-7-3-8-21-50)34-37-63(66)64-38-35-57(47-67(64)73)51-22-9-4-10-23-51)60-30-16-19-49(44-60)18-15-28-55-40-42-72-65(53-26-13-6-14-27-53)41-43-76(72)71(72)70(55)74/h2-16,18-28,30-34,37,40-42,44-48,68,71,74-75H,17,29,35-36,38-39,43H2,1H3/b18-15+,55-28-,62-2-,74-70?. The Balaban J connectivity index is 0.878. The van der Waals surface area contributed by atoms with Gasteiger partial charge in [-0.2, -0.15) is 0 Å². The Morgan fingerprint density at radius 1 is 0.671 bits per heavy atom. The highest BCUT2D eigenvalue weighted by molar-refractivity contribution is 6.13. The zero-order chi connectivity index (χ0) is 50.8. The molecule has 5 unspecified atom stereocenters. The van der Waals surface area contributed by atoms with Gasteiger partial charge in [0.15, 0.2) is 0 Å². The van der Waals surface area contributed by atoms with E-state index in [4.69, 9.17) is 0 Å². The molecule has 3 heteroatoms. The van der Waals surface area contributed by atoms with Crippen molar-refractivity contribution >= 4 is 39.8 Å². The smallest absolute Gasteiger partial charge is 0.0877 e. The van der Waals surface area contributed by atoms with E-state index in [9.17, 15) is 5.41 Å². The lowest BCUT2D eigenvalue weighted by Crippen LogP contribution is -2.33. The van der Waals surface area contributed by atoms with E-state index in [0.29, 0.717) is 5.71 Å². The number of benzene rings is 7. The van der Waals surface area contributed by atoms with Gasteiger partial charge in [0.1, 0.15) is 0 Å². The number of nitrogens with one attached hydrogen (secondary N) is 2. The summed E-state index contributed by atoms with van der Waals surface area (Å²) in [4.78, 5) is 2.46. The first-order valence-corrected chi connectivity index (χ1v) is 27.5. The average molecular weight is 980 g/mol. The molecule has 1 saturated heterocycles. The van der Waals surface area contributed by atoms with Gasteiger partial charge >= 0.3 is 0 Å². The minimum atomic E-state index is -0.578. The van der Waals surface area contributed by atoms with Crippen LogP contribution in [0.1, 0.15) is 89.1 Å². The van der Waals surface area contributed by atoms with Gasteiger partial charge in [0, 0.05) is 18.3 Å². The summed E-state index contributed by atoms with van der Waals surface area (Å²) >= 11 is 0. The maximum absolute atomic E-state index is 9.46. The molecule has 4 aliphatic carbocycles. The molecule has 3 nitrogen and oxygen atoms in total. The monoisotopic (exact) mass is 979 g/mol. The van der Waals surface area contributed by atoms with Crippen molar-refractivity contribution in [3.05, 3.63) is 309 Å². The quantitative estimate of drug-likeness (QED) is 0.134. The van der Waals surface area contributed by atoms with Gasteiger partial charge in [-0.3, -0.25) is 4.90 Å². The molecule has 0 saturated carbocycles. The molecular weight excluding hydrogens is 919 g/mol. The van der Waals surface area contributed by atoms with Crippen molar-refractivity contribution in [3.63, 3.8) is 0 Å². The molecule has 0 amide bonds. The summed E-state index contributed by atoms with van der Waals surface area (Å²) in [7, 11) is 0. The van der Waals surface area contributed by atoms with Crippen molar-refractivity contribution in [3.8, 4) is 11.1 Å². The van der Waals surface area contributed by atoms with Gasteiger partial charge in [-0.25, -0.2) is 0 Å². The van der Waals surface area contributed by atoms with E-state index in [-0.39, 0.29) is 17.6 Å². The normalized spacial score (nSPS) is 24.6. The molecule has 1 fully saturated rings. The molecule has 368 valence electrons. The van der Waals surface area contributed by atoms with Gasteiger partial charge in [-0.1, -0.05) is 231 Å². The third-order valence-electron chi connectivity index (χ3n) is 17.7. The molecule has 1 spiro atoms. The fourth-order valence-corrected chi connectivity index (χ4v) is 14.0. The van der Waals surface area contributed by atoms with Gasteiger partial charge in [0.2, 0.25) is 0 Å². The maximum Gasteiger partial charge on any atom is 0.0877 e. The van der Waals surface area contributed by atoms with E-state index in [1.54, 1.807) is 0 Å². The summed E-state index contributed by atoms with van der Waals surface area (Å²) in [5.74, 6) is 0. The van der Waals surface area contributed by atoms with Gasteiger partial charge in [0.25, 0.3) is 0 Å². The van der Waals surface area contributed by atoms with Crippen LogP contribution in [0.25, 0.3) is 39.5 Å². The summed E-state index contributed by atoms with van der Waals surface area (Å²) in [6.45, 7) is 3.03. The van der Waals surface area contributed by atoms with E-state index in [0.717, 1.165) is 56.2 Å². The minimum absolute atomic E-state index is 0.0824. The molecule has 5 atom stereocenters. The lowest BCUT2D eigenvalue weighted by molar-refractivity contribution is 0.570. The predicted molar refractivity (Wildman–Crippen MR) is 318 cm³/mol. The van der Waals surface area contributed by atoms with Crippen molar-refractivity contribution in [1.29, 1.82) is 5.41 Å². The molecule has 3 heterocycles. The molecular formula is C73H61N3. The zero-order valence-electron chi connectivity index (χ0n) is 43.1. The molecule has 7 aromatic carbocycles. The van der Waals surface area contributed by atoms with Crippen molar-refractivity contribution in [1.82, 2.24) is 4.90 Å². The molecule has 14 rings (SSSR count). The molecule has 2 N–H and O–H groups in total. The molecule has 7 aromatic rings. The highest BCUT2D eigenvalue weighted by Gasteiger charge is 2.68. The molecule has 0 bridgehead atoms. The largest absolute Gasteiger partial charge is 0.378 e. The van der Waals surface area contributed by atoms with Gasteiger partial charge in [-0.05, 0) is 163 Å². The summed E-state index contributed by atoms with van der Waals surface area (Å²) in [6, 6.07) is 67.6. The van der Waals surface area contributed by atoms with E-state index in [1.165, 1.54) is 100 Å². The second kappa shape index (κ2) is 18.8. The number of nitrogens with zero attached hydrogens (tertiary/aromatic N) is 1. The van der Waals surface area contributed by atoms with Crippen molar-refractivity contribution in [2.45, 2.75) is 68.5 Å². The summed E-state index contributed by atoms with van der Waals surface area (Å²) in [5.41, 5.74) is 25.9. The van der Waals surface area contributed by atoms with E-state index in [2.05, 4.69) is 260 Å². The Labute approximate surface area is 448 Å². The molecule has 7 aliphatic rings. The lowest BCUT2D eigenvalue weighted by atomic mass is 9.63. The minimum Gasteiger partial charge on any atom is -0.378 e. The summed E-state index contributed by atoms with van der Waals surface area (Å²) in [5, 5.41) is 13.6. The third kappa shape index (κ3) is 7.54. The Morgan fingerprint density at radius 3 is 2.22 bits per heavy atom. The first-order valence-electron chi connectivity index (χ1n) is 27.5. The van der Waals surface area contributed by atoms with Crippen LogP contribution in [0.5, 0.6) is 0 Å². The number of hydrogen-bond donors (Lipinski definition) is 2. The van der Waals surface area contributed by atoms with E-state index in [1.807, 2.05) is 0 Å². The number of fused-ring (bicyclic) bond motifs is 4. The topological polar surface area (TPSA) is 38.9 Å². The van der Waals surface area contributed by atoms with Gasteiger partial charge < -0.3 is 10.7 Å². The van der Waals surface area contributed by atoms with E-state index < -0.39 is 5.41 Å². The average Bonchev–Trinajstić information content (AvgIpc) is 3.89. The third-order valence-corrected chi connectivity index (χ3v) is 17.7. The SMILES string of the molecule is C/C=C(/c1ccccc1)c1ccc2c(c1)NC(C1=CC(C3(c4cccc(/C=C/C=C5/C=CC67C(c8ccccc8)=CCN6C7C5=N)c4)C4=C(CCC(c5ccccc5)=C4)c4ccc(-c5ccccc5)cc43)=CCC1)CC2. The number of aryl methyl sites for hydroxylation is 1. The maximum atomic E-state index is 9.46. The Bertz CT molecular complexity index is 3780. The highest BCUT2D eigenvalue weighted by Crippen LogP contribution is 2.61. The van der Waals surface area contributed by atoms with Crippen LogP contribution in [-0.2, 0) is 11.8 Å². The fraction of sp³-hybridized carbons (Fsp3) is 0.164. The van der Waals surface area contributed by atoms with Crippen LogP contribution >= 0.6 is 0 Å². The van der Waals surface area contributed by atoms with Crippen LogP contribution in [0.4, 0.5) is 5.69 Å². The fourth-order valence-electron chi connectivity index (χ4n) is 14.0. The number of allylic oxidation sites excluding steroid dienone is 11. The Kier molecular flexibility index (Phi) is 11.4. The first-order chi connectivity index (χ1) is 37.5. The lowest BCUT2D eigenvalue weighted by Gasteiger charge is -2.39. The van der Waals surface area contributed by atoms with Crippen LogP contribution in [0.15, 0.2) is 259 Å². The number of rotatable bonds is 10. The number of anilines is 1. The van der Waals surface area contributed by atoms with Gasteiger partial charge in [-0.15, -0.1) is 0 Å². The first kappa shape index (κ1) is 46.2. The van der Waals surface area contributed by atoms with Crippen molar-refractivity contribution in [2.24, 2.45) is 0 Å². The molecule has 3 aliphatic heterocycles. The molecule has 0 aromatic heterocycles. The summed E-state index contributed by atoms with van der Waals surface area (Å²) < 4.78 is 0. The predicted octanol–water partition coefficient (Wildman–Crippen LogP) is 16.9. The van der Waals surface area contributed by atoms with Crippen molar-refractivity contribution < 1.29 is 0 Å². The van der Waals surface area contributed by atoms with Crippen LogP contribution in [0, 0.1) is 5.41 Å². The zero-order valence-corrected chi connectivity index (χ0v) is 43.1.